The van der Waals surface area contributed by atoms with Gasteiger partial charge in [-0.1, -0.05) is 12.1 Å². The van der Waals surface area contributed by atoms with Crippen molar-refractivity contribution in [2.75, 3.05) is 14.2 Å². The minimum Gasteiger partial charge on any atom is -0.497 e. The maximum absolute atomic E-state index is 12.1. The molecule has 1 heterocycles. The van der Waals surface area contributed by atoms with Gasteiger partial charge in [0.1, 0.15) is 11.5 Å². The second-order valence-corrected chi connectivity index (χ2v) is 7.65. The summed E-state index contributed by atoms with van der Waals surface area (Å²) in [6.07, 6.45) is 3.40. The predicted octanol–water partition coefficient (Wildman–Crippen LogP) is 3.90. The van der Waals surface area contributed by atoms with Gasteiger partial charge in [0.05, 0.1) is 25.3 Å². The number of nitrogens with zero attached hydrogens (tertiary/aromatic N) is 2. The molecule has 0 saturated carbocycles. The molecule has 0 atom stereocenters. The molecule has 0 radical (unpaired) electrons. The summed E-state index contributed by atoms with van der Waals surface area (Å²) in [6, 6.07) is 13.3. The molecule has 0 bridgehead atoms. The SMILES string of the molecule is COc1ccc(/C=N/N=C2/NC(=O)/C(=C\c3cccc(I)c3)S2)c(OC)c1. The van der Waals surface area contributed by atoms with Crippen molar-refractivity contribution in [2.24, 2.45) is 10.2 Å². The summed E-state index contributed by atoms with van der Waals surface area (Å²) in [4.78, 5) is 12.7. The molecular weight excluding hydrogens is 477 g/mol. The van der Waals surface area contributed by atoms with Gasteiger partial charge in [-0.3, -0.25) is 10.1 Å². The molecule has 1 saturated heterocycles. The third kappa shape index (κ3) is 5.10. The summed E-state index contributed by atoms with van der Waals surface area (Å²) in [5.74, 6) is 1.13. The van der Waals surface area contributed by atoms with E-state index in [2.05, 4.69) is 38.1 Å². The molecule has 1 aliphatic heterocycles. The standard InChI is InChI=1S/C19H16IN3O3S/c1-25-15-7-6-13(16(10-15)26-2)11-21-23-19-22-18(24)17(27-19)9-12-4-3-5-14(20)8-12/h3-11H,1-2H3,(H,22,23,24)/b17-9+,21-11+. The number of benzene rings is 2. The first kappa shape index (κ1) is 19.4. The van der Waals surface area contributed by atoms with Crippen LogP contribution in [-0.4, -0.2) is 31.5 Å². The summed E-state index contributed by atoms with van der Waals surface area (Å²) in [5, 5.41) is 11.3. The zero-order chi connectivity index (χ0) is 19.2. The number of thioether (sulfide) groups is 1. The molecule has 8 heteroatoms. The van der Waals surface area contributed by atoms with Gasteiger partial charge in [-0.15, -0.1) is 5.10 Å². The highest BCUT2D eigenvalue weighted by Gasteiger charge is 2.23. The third-order valence-corrected chi connectivity index (χ3v) is 5.15. The quantitative estimate of drug-likeness (QED) is 0.297. The van der Waals surface area contributed by atoms with E-state index >= 15 is 0 Å². The van der Waals surface area contributed by atoms with E-state index in [4.69, 9.17) is 9.47 Å². The van der Waals surface area contributed by atoms with Crippen molar-refractivity contribution in [1.82, 2.24) is 5.32 Å². The number of nitrogens with one attached hydrogen (secondary N) is 1. The number of hydrogen-bond donors (Lipinski definition) is 1. The predicted molar refractivity (Wildman–Crippen MR) is 117 cm³/mol. The fourth-order valence-electron chi connectivity index (χ4n) is 2.29. The van der Waals surface area contributed by atoms with E-state index < -0.39 is 0 Å². The molecule has 0 aliphatic carbocycles. The number of hydrogen-bond acceptors (Lipinski definition) is 6. The number of amidine groups is 1. The van der Waals surface area contributed by atoms with E-state index in [-0.39, 0.29) is 5.91 Å². The van der Waals surface area contributed by atoms with Crippen LogP contribution < -0.4 is 14.8 Å². The van der Waals surface area contributed by atoms with E-state index in [9.17, 15) is 4.79 Å². The van der Waals surface area contributed by atoms with Crippen LogP contribution in [0.3, 0.4) is 0 Å². The highest BCUT2D eigenvalue weighted by molar-refractivity contribution is 14.1. The molecule has 138 valence electrons. The Hall–Kier alpha value is -2.33. The van der Waals surface area contributed by atoms with E-state index in [0.29, 0.717) is 21.6 Å². The molecule has 3 rings (SSSR count). The fraction of sp³-hybridized carbons (Fsp3) is 0.105. The van der Waals surface area contributed by atoms with Crippen LogP contribution in [0.1, 0.15) is 11.1 Å². The van der Waals surface area contributed by atoms with Crippen LogP contribution in [0, 0.1) is 3.57 Å². The van der Waals surface area contributed by atoms with E-state index in [1.807, 2.05) is 42.5 Å². The number of ether oxygens (including phenoxy) is 2. The highest BCUT2D eigenvalue weighted by Crippen LogP contribution is 2.27. The molecule has 0 spiro atoms. The average molecular weight is 493 g/mol. The van der Waals surface area contributed by atoms with Gasteiger partial charge in [-0.05, 0) is 70.3 Å². The van der Waals surface area contributed by atoms with Crippen LogP contribution in [0.25, 0.3) is 6.08 Å². The highest BCUT2D eigenvalue weighted by atomic mass is 127. The second-order valence-electron chi connectivity index (χ2n) is 5.38. The van der Waals surface area contributed by atoms with E-state index in [0.717, 1.165) is 14.7 Å². The summed E-state index contributed by atoms with van der Waals surface area (Å²) in [6.45, 7) is 0. The summed E-state index contributed by atoms with van der Waals surface area (Å²) in [7, 11) is 3.17. The molecule has 0 unspecified atom stereocenters. The Morgan fingerprint density at radius 3 is 2.74 bits per heavy atom. The van der Waals surface area contributed by atoms with Gasteiger partial charge in [0.15, 0.2) is 5.17 Å². The third-order valence-electron chi connectivity index (χ3n) is 3.58. The number of methoxy groups -OCH3 is 2. The maximum Gasteiger partial charge on any atom is 0.264 e. The van der Waals surface area contributed by atoms with Gasteiger partial charge in [0, 0.05) is 15.2 Å². The molecule has 1 fully saturated rings. The monoisotopic (exact) mass is 493 g/mol. The van der Waals surface area contributed by atoms with Crippen LogP contribution in [0.15, 0.2) is 57.6 Å². The smallest absolute Gasteiger partial charge is 0.264 e. The van der Waals surface area contributed by atoms with Gasteiger partial charge < -0.3 is 9.47 Å². The molecule has 2 aromatic carbocycles. The van der Waals surface area contributed by atoms with Crippen LogP contribution in [0.4, 0.5) is 0 Å². The van der Waals surface area contributed by atoms with Crippen molar-refractivity contribution in [3.05, 3.63) is 62.1 Å². The minimum atomic E-state index is -0.185. The van der Waals surface area contributed by atoms with Crippen molar-refractivity contribution < 1.29 is 14.3 Å². The Balaban J connectivity index is 1.74. The summed E-state index contributed by atoms with van der Waals surface area (Å²) in [5.41, 5.74) is 1.72. The molecule has 6 nitrogen and oxygen atoms in total. The van der Waals surface area contributed by atoms with Gasteiger partial charge in [0.2, 0.25) is 0 Å². The molecular formula is C19H16IN3O3S. The Labute approximate surface area is 174 Å². The van der Waals surface area contributed by atoms with Crippen molar-refractivity contribution in [3.8, 4) is 11.5 Å². The van der Waals surface area contributed by atoms with Crippen molar-refractivity contribution >= 4 is 57.7 Å². The lowest BCUT2D eigenvalue weighted by Crippen LogP contribution is -2.19. The first-order chi connectivity index (χ1) is 13.1. The normalized spacial score (nSPS) is 16.9. The average Bonchev–Trinajstić information content (AvgIpc) is 3.01. The Morgan fingerprint density at radius 2 is 2.00 bits per heavy atom. The topological polar surface area (TPSA) is 72.3 Å². The number of carbonyl (C=O) groups is 1. The van der Waals surface area contributed by atoms with Crippen molar-refractivity contribution in [2.45, 2.75) is 0 Å². The lowest BCUT2D eigenvalue weighted by Gasteiger charge is -2.06. The lowest BCUT2D eigenvalue weighted by atomic mass is 10.2. The summed E-state index contributed by atoms with van der Waals surface area (Å²) < 4.78 is 11.6. The van der Waals surface area contributed by atoms with E-state index in [1.54, 1.807) is 26.5 Å². The van der Waals surface area contributed by atoms with Crippen LogP contribution in [-0.2, 0) is 4.79 Å². The molecule has 2 aromatic rings. The van der Waals surface area contributed by atoms with E-state index in [1.165, 1.54) is 11.8 Å². The molecule has 1 amide bonds. The largest absolute Gasteiger partial charge is 0.497 e. The number of halogens is 1. The number of rotatable bonds is 5. The Kier molecular flexibility index (Phi) is 6.51. The molecule has 27 heavy (non-hydrogen) atoms. The lowest BCUT2D eigenvalue weighted by molar-refractivity contribution is -0.115. The minimum absolute atomic E-state index is 0.185. The van der Waals surface area contributed by atoms with Crippen molar-refractivity contribution in [3.63, 3.8) is 0 Å². The van der Waals surface area contributed by atoms with Gasteiger partial charge in [0.25, 0.3) is 5.91 Å². The molecule has 1 N–H and O–H groups in total. The van der Waals surface area contributed by atoms with Crippen molar-refractivity contribution in [1.29, 1.82) is 0 Å². The Morgan fingerprint density at radius 1 is 1.15 bits per heavy atom. The maximum atomic E-state index is 12.1. The molecule has 1 aliphatic rings. The zero-order valence-corrected chi connectivity index (χ0v) is 17.6. The van der Waals surface area contributed by atoms with Crippen LogP contribution in [0.5, 0.6) is 11.5 Å². The fourth-order valence-corrected chi connectivity index (χ4v) is 3.64. The van der Waals surface area contributed by atoms with Crippen LogP contribution >= 0.6 is 34.4 Å². The van der Waals surface area contributed by atoms with Gasteiger partial charge in [-0.25, -0.2) is 0 Å². The number of carbonyl (C=O) groups excluding carboxylic acids is 1. The molecule has 0 aromatic heterocycles. The summed E-state index contributed by atoms with van der Waals surface area (Å²) >= 11 is 3.49. The second kappa shape index (κ2) is 9.05. The first-order valence-electron chi connectivity index (χ1n) is 7.88. The zero-order valence-electron chi connectivity index (χ0n) is 14.6. The van der Waals surface area contributed by atoms with Crippen LogP contribution in [0.2, 0.25) is 0 Å². The number of amides is 1. The first-order valence-corrected chi connectivity index (χ1v) is 9.78. The Bertz CT molecular complexity index is 957. The van der Waals surface area contributed by atoms with Gasteiger partial charge in [-0.2, -0.15) is 5.10 Å². The van der Waals surface area contributed by atoms with Gasteiger partial charge >= 0.3 is 0 Å².